The number of allylic oxidation sites excluding steroid dienone is 2. The molecule has 0 N–H and O–H groups in total. The maximum absolute atomic E-state index is 6.35. The fourth-order valence-corrected chi connectivity index (χ4v) is 4.63. The molecule has 2 aliphatic rings. The van der Waals surface area contributed by atoms with Gasteiger partial charge in [-0.25, -0.2) is 0 Å². The Bertz CT molecular complexity index is 1360. The standard InChI is InChI=1S/C26H26ClN5/c1-17(14-26(2)10-11-26)19-4-3-5-21(12-19)31(15-18-6-7-18)24-22-9-8-20(27)13-23(22)32-16-28-30-25(32)29-24/h3-5,8-9,12-14,16,18H,6-7,10-11,15H2,1-2H3/b17-14+. The van der Waals surface area contributed by atoms with Gasteiger partial charge >= 0.3 is 0 Å². The van der Waals surface area contributed by atoms with Crippen LogP contribution in [0.4, 0.5) is 11.5 Å². The first-order chi connectivity index (χ1) is 15.5. The number of hydrogen-bond acceptors (Lipinski definition) is 4. The van der Waals surface area contributed by atoms with Crippen LogP contribution in [0, 0.1) is 11.3 Å². The van der Waals surface area contributed by atoms with Gasteiger partial charge < -0.3 is 4.90 Å². The molecule has 0 unspecified atom stereocenters. The predicted molar refractivity (Wildman–Crippen MR) is 130 cm³/mol. The van der Waals surface area contributed by atoms with Gasteiger partial charge in [-0.05, 0) is 85.4 Å². The summed E-state index contributed by atoms with van der Waals surface area (Å²) >= 11 is 6.35. The van der Waals surface area contributed by atoms with Crippen LogP contribution in [0.3, 0.4) is 0 Å². The third kappa shape index (κ3) is 3.65. The van der Waals surface area contributed by atoms with E-state index in [9.17, 15) is 0 Å². The van der Waals surface area contributed by atoms with E-state index in [-0.39, 0.29) is 0 Å². The van der Waals surface area contributed by atoms with Crippen LogP contribution in [0.5, 0.6) is 0 Å². The second kappa shape index (κ2) is 7.31. The van der Waals surface area contributed by atoms with Gasteiger partial charge in [0.15, 0.2) is 0 Å². The predicted octanol–water partition coefficient (Wildman–Crippen LogP) is 6.68. The Morgan fingerprint density at radius 3 is 2.84 bits per heavy atom. The molecule has 0 radical (unpaired) electrons. The number of benzene rings is 2. The van der Waals surface area contributed by atoms with Gasteiger partial charge in [-0.1, -0.05) is 36.7 Å². The fraction of sp³-hybridized carbons (Fsp3) is 0.346. The zero-order valence-corrected chi connectivity index (χ0v) is 19.2. The van der Waals surface area contributed by atoms with Gasteiger partial charge in [0.25, 0.3) is 5.78 Å². The van der Waals surface area contributed by atoms with Crippen molar-refractivity contribution in [1.82, 2.24) is 19.6 Å². The summed E-state index contributed by atoms with van der Waals surface area (Å²) < 4.78 is 1.90. The van der Waals surface area contributed by atoms with E-state index in [4.69, 9.17) is 16.6 Å². The van der Waals surface area contributed by atoms with Crippen molar-refractivity contribution in [3.8, 4) is 0 Å². The van der Waals surface area contributed by atoms with E-state index >= 15 is 0 Å². The largest absolute Gasteiger partial charge is 0.325 e. The molecule has 2 saturated carbocycles. The minimum absolute atomic E-state index is 0.378. The van der Waals surface area contributed by atoms with E-state index in [2.05, 4.69) is 65.4 Å². The molecule has 0 amide bonds. The minimum atomic E-state index is 0.378. The maximum Gasteiger partial charge on any atom is 0.257 e. The van der Waals surface area contributed by atoms with E-state index in [0.717, 1.165) is 29.0 Å². The molecule has 4 aromatic rings. The van der Waals surface area contributed by atoms with Crippen molar-refractivity contribution in [2.24, 2.45) is 11.3 Å². The zero-order chi connectivity index (χ0) is 21.9. The Kier molecular flexibility index (Phi) is 4.51. The average molecular weight is 444 g/mol. The SMILES string of the molecule is C/C(=C\C1(C)CC1)c1cccc(N(CC2CC2)c2nc3nncn3c3cc(Cl)ccc23)c1. The monoisotopic (exact) mass is 443 g/mol. The Morgan fingerprint density at radius 2 is 2.06 bits per heavy atom. The van der Waals surface area contributed by atoms with Crippen LogP contribution in [0.1, 0.15) is 45.1 Å². The van der Waals surface area contributed by atoms with Crippen molar-refractivity contribution >= 4 is 45.4 Å². The molecule has 2 aliphatic carbocycles. The lowest BCUT2D eigenvalue weighted by atomic mass is 10.00. The number of anilines is 2. The molecule has 2 fully saturated rings. The molecular weight excluding hydrogens is 418 g/mol. The highest BCUT2D eigenvalue weighted by Crippen LogP contribution is 2.48. The van der Waals surface area contributed by atoms with Crippen LogP contribution in [0.2, 0.25) is 5.02 Å². The molecule has 162 valence electrons. The first-order valence-electron chi connectivity index (χ1n) is 11.4. The number of nitrogens with zero attached hydrogens (tertiary/aromatic N) is 5. The summed E-state index contributed by atoms with van der Waals surface area (Å²) in [6.07, 6.45) is 9.25. The Labute approximate surface area is 192 Å². The Balaban J connectivity index is 1.51. The van der Waals surface area contributed by atoms with Crippen molar-refractivity contribution in [3.63, 3.8) is 0 Å². The van der Waals surface area contributed by atoms with Gasteiger partial charge in [-0.2, -0.15) is 4.98 Å². The second-order valence-corrected chi connectivity index (χ2v) is 10.1. The Hall–Kier alpha value is -2.92. The topological polar surface area (TPSA) is 46.3 Å². The van der Waals surface area contributed by atoms with Gasteiger partial charge in [0, 0.05) is 22.6 Å². The van der Waals surface area contributed by atoms with Gasteiger partial charge in [-0.3, -0.25) is 4.40 Å². The number of fused-ring (bicyclic) bond motifs is 3. The van der Waals surface area contributed by atoms with Crippen LogP contribution in [-0.2, 0) is 0 Å². The smallest absolute Gasteiger partial charge is 0.257 e. The number of hydrogen-bond donors (Lipinski definition) is 0. The maximum atomic E-state index is 6.35. The number of aromatic nitrogens is 4. The van der Waals surface area contributed by atoms with Crippen LogP contribution in [0.25, 0.3) is 22.3 Å². The first-order valence-corrected chi connectivity index (χ1v) is 11.7. The molecule has 2 heterocycles. The Morgan fingerprint density at radius 1 is 1.22 bits per heavy atom. The summed E-state index contributed by atoms with van der Waals surface area (Å²) in [5, 5.41) is 10.1. The van der Waals surface area contributed by atoms with Crippen LogP contribution in [0.15, 0.2) is 54.9 Å². The van der Waals surface area contributed by atoms with Gasteiger partial charge in [0.1, 0.15) is 12.1 Å². The molecule has 6 rings (SSSR count). The fourth-order valence-electron chi connectivity index (χ4n) is 4.47. The summed E-state index contributed by atoms with van der Waals surface area (Å²) in [5.74, 6) is 2.19. The van der Waals surface area contributed by atoms with Crippen molar-refractivity contribution in [3.05, 3.63) is 65.5 Å². The summed E-state index contributed by atoms with van der Waals surface area (Å²) in [4.78, 5) is 7.31. The highest BCUT2D eigenvalue weighted by Gasteiger charge is 2.35. The van der Waals surface area contributed by atoms with Crippen molar-refractivity contribution < 1.29 is 0 Å². The molecule has 0 atom stereocenters. The number of halogens is 1. The molecule has 0 spiro atoms. The highest BCUT2D eigenvalue weighted by molar-refractivity contribution is 6.31. The minimum Gasteiger partial charge on any atom is -0.325 e. The van der Waals surface area contributed by atoms with E-state index in [1.165, 1.54) is 36.8 Å². The van der Waals surface area contributed by atoms with Crippen molar-refractivity contribution in [1.29, 1.82) is 0 Å². The van der Waals surface area contributed by atoms with Crippen LogP contribution < -0.4 is 4.90 Å². The molecule has 5 nitrogen and oxygen atoms in total. The highest BCUT2D eigenvalue weighted by atomic mass is 35.5. The molecule has 2 aromatic carbocycles. The van der Waals surface area contributed by atoms with Gasteiger partial charge in [0.05, 0.1) is 5.52 Å². The molecule has 32 heavy (non-hydrogen) atoms. The lowest BCUT2D eigenvalue weighted by Crippen LogP contribution is -2.22. The van der Waals surface area contributed by atoms with Crippen molar-refractivity contribution in [2.45, 2.75) is 39.5 Å². The molecule has 0 saturated heterocycles. The van der Waals surface area contributed by atoms with E-state index in [1.807, 2.05) is 16.5 Å². The molecule has 0 bridgehead atoms. The van der Waals surface area contributed by atoms with Gasteiger partial charge in [-0.15, -0.1) is 10.2 Å². The van der Waals surface area contributed by atoms with Crippen LogP contribution >= 0.6 is 11.6 Å². The quantitative estimate of drug-likeness (QED) is 0.333. The van der Waals surface area contributed by atoms with E-state index < -0.39 is 0 Å². The van der Waals surface area contributed by atoms with E-state index in [0.29, 0.717) is 22.1 Å². The molecule has 0 aliphatic heterocycles. The molecule has 2 aromatic heterocycles. The van der Waals surface area contributed by atoms with Crippen LogP contribution in [-0.4, -0.2) is 26.1 Å². The van der Waals surface area contributed by atoms with Gasteiger partial charge in [0.2, 0.25) is 0 Å². The third-order valence-corrected chi connectivity index (χ3v) is 7.04. The molecule has 6 heteroatoms. The second-order valence-electron chi connectivity index (χ2n) is 9.68. The lowest BCUT2D eigenvalue weighted by molar-refractivity contribution is 0.749. The third-order valence-electron chi connectivity index (χ3n) is 6.81. The summed E-state index contributed by atoms with van der Waals surface area (Å²) in [6, 6.07) is 14.8. The number of rotatable bonds is 6. The zero-order valence-electron chi connectivity index (χ0n) is 18.4. The normalized spacial score (nSPS) is 17.8. The van der Waals surface area contributed by atoms with E-state index in [1.54, 1.807) is 6.33 Å². The summed E-state index contributed by atoms with van der Waals surface area (Å²) in [7, 11) is 0. The van der Waals surface area contributed by atoms with Crippen molar-refractivity contribution in [2.75, 3.05) is 11.4 Å². The average Bonchev–Trinajstić information content (AvgIpc) is 3.70. The lowest BCUT2D eigenvalue weighted by Gasteiger charge is -2.26. The summed E-state index contributed by atoms with van der Waals surface area (Å²) in [5.41, 5.74) is 5.12. The summed E-state index contributed by atoms with van der Waals surface area (Å²) in [6.45, 7) is 5.51. The first kappa shape index (κ1) is 19.7. The molecular formula is C26H26ClN5.